The summed E-state index contributed by atoms with van der Waals surface area (Å²) in [6.07, 6.45) is 0. The molecule has 0 fully saturated rings. The second-order valence-electron chi connectivity index (χ2n) is 17.1. The van der Waals surface area contributed by atoms with E-state index in [2.05, 4.69) is 242 Å². The summed E-state index contributed by atoms with van der Waals surface area (Å²) in [5.74, 6) is 0. The second kappa shape index (κ2) is 15.0. The minimum Gasteiger partial charge on any atom is -0.311 e. The molecule has 12 rings (SSSR count). The van der Waals surface area contributed by atoms with Gasteiger partial charge in [0.2, 0.25) is 6.71 Å². The first kappa shape index (κ1) is 37.6. The Balaban J connectivity index is 1.19. The first-order valence-corrected chi connectivity index (χ1v) is 22.7. The number of aryl methyl sites for hydroxylation is 3. The highest BCUT2D eigenvalue weighted by molar-refractivity contribution is 8.00. The normalized spacial score (nSPS) is 13.1. The first-order chi connectivity index (χ1) is 31.0. The summed E-state index contributed by atoms with van der Waals surface area (Å²) in [5.41, 5.74) is 22.5. The van der Waals surface area contributed by atoms with E-state index in [0.717, 1.165) is 28.4 Å². The van der Waals surface area contributed by atoms with Gasteiger partial charge in [0.25, 0.3) is 6.71 Å². The largest absolute Gasteiger partial charge is 0.311 e. The predicted octanol–water partition coefficient (Wildman–Crippen LogP) is 11.1. The maximum atomic E-state index is 2.60. The lowest BCUT2D eigenvalue weighted by molar-refractivity contribution is 1.22. The molecule has 0 aromatic heterocycles. The zero-order valence-electron chi connectivity index (χ0n) is 35.5. The van der Waals surface area contributed by atoms with E-state index < -0.39 is 0 Å². The third kappa shape index (κ3) is 6.07. The Hall–Kier alpha value is -7.14. The summed E-state index contributed by atoms with van der Waals surface area (Å²) in [7, 11) is 0. The van der Waals surface area contributed by atoms with Gasteiger partial charge in [0, 0.05) is 55.3 Å². The van der Waals surface area contributed by atoms with E-state index in [0.29, 0.717) is 0 Å². The summed E-state index contributed by atoms with van der Waals surface area (Å²) >= 11 is 1.92. The van der Waals surface area contributed by atoms with Crippen LogP contribution in [-0.4, -0.2) is 13.4 Å². The van der Waals surface area contributed by atoms with Crippen molar-refractivity contribution in [3.05, 3.63) is 223 Å². The maximum absolute atomic E-state index is 2.60. The smallest absolute Gasteiger partial charge is 0.252 e. The van der Waals surface area contributed by atoms with Gasteiger partial charge >= 0.3 is 0 Å². The quantitative estimate of drug-likeness (QED) is 0.155. The van der Waals surface area contributed by atoms with Crippen LogP contribution < -0.4 is 47.5 Å². The number of rotatable bonds is 6. The van der Waals surface area contributed by atoms with Crippen LogP contribution in [0.25, 0.3) is 0 Å². The lowest BCUT2D eigenvalue weighted by atomic mass is 9.31. The Bertz CT molecular complexity index is 3150. The van der Waals surface area contributed by atoms with E-state index in [1.165, 1.54) is 82.0 Å². The number of benzene rings is 9. The molecular formula is C57H43B2N3S. The third-order valence-electron chi connectivity index (χ3n) is 13.2. The van der Waals surface area contributed by atoms with Crippen LogP contribution in [-0.2, 0) is 0 Å². The van der Waals surface area contributed by atoms with Gasteiger partial charge in [0.15, 0.2) is 0 Å². The Morgan fingerprint density at radius 3 is 1.46 bits per heavy atom. The molecule has 0 radical (unpaired) electrons. The fourth-order valence-electron chi connectivity index (χ4n) is 10.8. The van der Waals surface area contributed by atoms with Crippen molar-refractivity contribution in [2.24, 2.45) is 0 Å². The number of fused-ring (bicyclic) bond motifs is 6. The Labute approximate surface area is 375 Å². The van der Waals surface area contributed by atoms with Gasteiger partial charge in [-0.1, -0.05) is 172 Å². The van der Waals surface area contributed by atoms with Crippen LogP contribution >= 0.6 is 11.8 Å². The molecular weight excluding hydrogens is 780 g/mol. The minimum absolute atomic E-state index is 0.0228. The van der Waals surface area contributed by atoms with Crippen LogP contribution in [0.4, 0.5) is 51.2 Å². The Morgan fingerprint density at radius 2 is 0.857 bits per heavy atom. The van der Waals surface area contributed by atoms with E-state index in [1.54, 1.807) is 0 Å². The SMILES string of the molecule is Cc1cc(C)c(B2c3ccccc3Sc3cc4c(cc32)B2c3ccccc3N(c3ccccc3)c3cc(N(c5ccccc5)c5ccccc5)cc(c32)N4c2ccccc2)c(C)c1. The molecule has 6 heteroatoms. The number of anilines is 9. The monoisotopic (exact) mass is 823 g/mol. The summed E-state index contributed by atoms with van der Waals surface area (Å²) in [6, 6.07) is 76.4. The maximum Gasteiger partial charge on any atom is 0.252 e. The first-order valence-electron chi connectivity index (χ1n) is 21.9. The standard InChI is InChI=1S/C57H43B2N3S/c1-38-32-39(2)56(40(3)33-38)59-47-29-17-19-31-54(47)63-55-37-51-48(36-49(55)59)58-46-28-16-18-30-50(46)61(43-24-12-6-13-25-43)52-34-45(35-53(57(52)58)62(51)44-26-14-7-15-27-44)60(41-20-8-4-9-21-41)42-22-10-5-11-23-42/h4-37H,1-3H3. The second-order valence-corrected chi connectivity index (χ2v) is 18.2. The van der Waals surface area contributed by atoms with Gasteiger partial charge in [-0.15, -0.1) is 0 Å². The van der Waals surface area contributed by atoms with Crippen LogP contribution in [0.2, 0.25) is 0 Å². The molecule has 0 saturated carbocycles. The van der Waals surface area contributed by atoms with Crippen molar-refractivity contribution in [2.45, 2.75) is 30.6 Å². The highest BCUT2D eigenvalue weighted by Crippen LogP contribution is 2.48. The average molecular weight is 824 g/mol. The lowest BCUT2D eigenvalue weighted by Gasteiger charge is -2.45. The van der Waals surface area contributed by atoms with Crippen molar-refractivity contribution < 1.29 is 0 Å². The molecule has 298 valence electrons. The molecule has 0 unspecified atom stereocenters. The van der Waals surface area contributed by atoms with Crippen LogP contribution in [0.1, 0.15) is 16.7 Å². The van der Waals surface area contributed by atoms with Crippen molar-refractivity contribution in [1.29, 1.82) is 0 Å². The van der Waals surface area contributed by atoms with Crippen LogP contribution in [0.3, 0.4) is 0 Å². The highest BCUT2D eigenvalue weighted by Gasteiger charge is 2.45. The van der Waals surface area contributed by atoms with Crippen molar-refractivity contribution in [3.63, 3.8) is 0 Å². The number of nitrogens with zero attached hydrogens (tertiary/aromatic N) is 3. The predicted molar refractivity (Wildman–Crippen MR) is 271 cm³/mol. The molecule has 0 saturated heterocycles. The molecule has 0 spiro atoms. The molecule has 0 bridgehead atoms. The molecule has 63 heavy (non-hydrogen) atoms. The van der Waals surface area contributed by atoms with E-state index in [-0.39, 0.29) is 13.4 Å². The fraction of sp³-hybridized carbons (Fsp3) is 0.0526. The molecule has 0 amide bonds. The topological polar surface area (TPSA) is 9.72 Å². The third-order valence-corrected chi connectivity index (χ3v) is 14.4. The number of hydrogen-bond donors (Lipinski definition) is 0. The van der Waals surface area contributed by atoms with Crippen molar-refractivity contribution in [3.8, 4) is 0 Å². The molecule has 0 N–H and O–H groups in total. The molecule has 3 aliphatic rings. The number of para-hydroxylation sites is 5. The molecule has 9 aromatic rings. The summed E-state index contributed by atoms with van der Waals surface area (Å²) in [4.78, 5) is 10.1. The summed E-state index contributed by atoms with van der Waals surface area (Å²) in [5, 5.41) is 0. The average Bonchev–Trinajstić information content (AvgIpc) is 3.32. The van der Waals surface area contributed by atoms with Crippen molar-refractivity contribution in [2.75, 3.05) is 14.7 Å². The van der Waals surface area contributed by atoms with Gasteiger partial charge < -0.3 is 14.7 Å². The van der Waals surface area contributed by atoms with Crippen molar-refractivity contribution >= 4 is 109 Å². The zero-order chi connectivity index (χ0) is 42.2. The summed E-state index contributed by atoms with van der Waals surface area (Å²) < 4.78 is 0. The fourth-order valence-corrected chi connectivity index (χ4v) is 11.9. The number of hydrogen-bond acceptors (Lipinski definition) is 4. The van der Waals surface area contributed by atoms with Gasteiger partial charge in [-0.2, -0.15) is 0 Å². The van der Waals surface area contributed by atoms with Crippen LogP contribution in [0, 0.1) is 20.8 Å². The van der Waals surface area contributed by atoms with Crippen molar-refractivity contribution in [1.82, 2.24) is 0 Å². The molecule has 0 aliphatic carbocycles. The van der Waals surface area contributed by atoms with Gasteiger partial charge in [-0.3, -0.25) is 0 Å². The minimum atomic E-state index is -0.0228. The Kier molecular flexibility index (Phi) is 8.98. The van der Waals surface area contributed by atoms with Gasteiger partial charge in [0.1, 0.15) is 0 Å². The lowest BCUT2D eigenvalue weighted by Crippen LogP contribution is -2.63. The van der Waals surface area contributed by atoms with E-state index in [9.17, 15) is 0 Å². The molecule has 0 atom stereocenters. The van der Waals surface area contributed by atoms with E-state index in [4.69, 9.17) is 0 Å². The van der Waals surface area contributed by atoms with E-state index in [1.807, 2.05) is 11.8 Å². The zero-order valence-corrected chi connectivity index (χ0v) is 36.4. The molecule has 3 aliphatic heterocycles. The van der Waals surface area contributed by atoms with Crippen LogP contribution in [0.5, 0.6) is 0 Å². The highest BCUT2D eigenvalue weighted by atomic mass is 32.2. The molecule has 3 nitrogen and oxygen atoms in total. The Morgan fingerprint density at radius 1 is 0.365 bits per heavy atom. The molecule has 9 aromatic carbocycles. The van der Waals surface area contributed by atoms with Gasteiger partial charge in [-0.25, -0.2) is 0 Å². The van der Waals surface area contributed by atoms with Crippen LogP contribution in [0.15, 0.2) is 216 Å². The molecule has 3 heterocycles. The van der Waals surface area contributed by atoms with E-state index >= 15 is 0 Å². The summed E-state index contributed by atoms with van der Waals surface area (Å²) in [6.45, 7) is 6.90. The van der Waals surface area contributed by atoms with Gasteiger partial charge in [0.05, 0.1) is 5.69 Å². The van der Waals surface area contributed by atoms with Gasteiger partial charge in [-0.05, 0) is 116 Å².